The lowest BCUT2D eigenvalue weighted by molar-refractivity contribution is -0.136. The van der Waals surface area contributed by atoms with E-state index >= 15 is 0 Å². The Bertz CT molecular complexity index is 846. The normalized spacial score (nSPS) is 10.8. The van der Waals surface area contributed by atoms with Crippen molar-refractivity contribution >= 4 is 40.4 Å². The molecule has 0 saturated heterocycles. The Morgan fingerprint density at radius 2 is 2.00 bits per heavy atom. The van der Waals surface area contributed by atoms with E-state index in [0.29, 0.717) is 16.2 Å². The zero-order chi connectivity index (χ0) is 15.7. The van der Waals surface area contributed by atoms with Crippen LogP contribution in [0.4, 0.5) is 16.1 Å². The molecule has 1 aromatic heterocycles. The second-order valence-electron chi connectivity index (χ2n) is 4.61. The minimum absolute atomic E-state index is 0.0502. The summed E-state index contributed by atoms with van der Waals surface area (Å²) in [5, 5.41) is 12.2. The number of hydrogen-bond donors (Lipinski definition) is 2. The Hall–Kier alpha value is -2.60. The number of anilines is 2. The number of nitrogens with one attached hydrogen (secondary N) is 1. The van der Waals surface area contributed by atoms with Crippen LogP contribution in [0.15, 0.2) is 40.8 Å². The number of carboxylic acid groups (broad SMARTS) is 1. The summed E-state index contributed by atoms with van der Waals surface area (Å²) in [6.07, 6.45) is -0.414. The highest BCUT2D eigenvalue weighted by molar-refractivity contribution is 6.30. The first-order chi connectivity index (χ1) is 10.5. The van der Waals surface area contributed by atoms with E-state index < -0.39 is 18.2 Å². The summed E-state index contributed by atoms with van der Waals surface area (Å²) in [6.45, 7) is 0. The summed E-state index contributed by atoms with van der Waals surface area (Å²) < 4.78 is 19.5. The van der Waals surface area contributed by atoms with Gasteiger partial charge in [-0.2, -0.15) is 4.98 Å². The molecule has 22 heavy (non-hydrogen) atoms. The predicted molar refractivity (Wildman–Crippen MR) is 80.0 cm³/mol. The van der Waals surface area contributed by atoms with E-state index in [1.54, 1.807) is 24.3 Å². The molecule has 0 unspecified atom stereocenters. The number of aromatic nitrogens is 1. The lowest BCUT2D eigenvalue weighted by Gasteiger charge is -2.00. The van der Waals surface area contributed by atoms with Gasteiger partial charge in [0.2, 0.25) is 0 Å². The van der Waals surface area contributed by atoms with E-state index in [4.69, 9.17) is 21.1 Å². The van der Waals surface area contributed by atoms with Crippen LogP contribution in [0.2, 0.25) is 5.02 Å². The number of fused-ring (bicyclic) bond motifs is 1. The maximum absolute atomic E-state index is 14.2. The Morgan fingerprint density at radius 3 is 2.68 bits per heavy atom. The number of aliphatic carboxylic acids is 1. The van der Waals surface area contributed by atoms with Crippen molar-refractivity contribution in [2.24, 2.45) is 0 Å². The highest BCUT2D eigenvalue weighted by atomic mass is 35.5. The van der Waals surface area contributed by atoms with Crippen LogP contribution in [0, 0.1) is 5.82 Å². The zero-order valence-electron chi connectivity index (χ0n) is 11.1. The van der Waals surface area contributed by atoms with Crippen molar-refractivity contribution in [3.05, 3.63) is 52.8 Å². The Balaban J connectivity index is 1.94. The van der Waals surface area contributed by atoms with E-state index in [2.05, 4.69) is 10.3 Å². The van der Waals surface area contributed by atoms with Gasteiger partial charge in [0.1, 0.15) is 5.52 Å². The van der Waals surface area contributed by atoms with Crippen LogP contribution in [0.5, 0.6) is 0 Å². The molecule has 3 rings (SSSR count). The molecule has 0 aliphatic rings. The van der Waals surface area contributed by atoms with Gasteiger partial charge in [-0.25, -0.2) is 4.39 Å². The van der Waals surface area contributed by atoms with Gasteiger partial charge in [-0.3, -0.25) is 4.79 Å². The third kappa shape index (κ3) is 2.87. The minimum Gasteiger partial charge on any atom is -0.481 e. The van der Waals surface area contributed by atoms with Crippen molar-refractivity contribution in [3.8, 4) is 0 Å². The van der Waals surface area contributed by atoms with Gasteiger partial charge in [0.05, 0.1) is 6.42 Å². The number of halogens is 2. The van der Waals surface area contributed by atoms with Crippen LogP contribution in [0.25, 0.3) is 11.1 Å². The van der Waals surface area contributed by atoms with Gasteiger partial charge in [0.15, 0.2) is 11.4 Å². The molecular formula is C15H10ClFN2O3. The zero-order valence-corrected chi connectivity index (χ0v) is 11.9. The molecule has 0 atom stereocenters. The maximum atomic E-state index is 14.2. The number of rotatable bonds is 4. The summed E-state index contributed by atoms with van der Waals surface area (Å²) in [5.41, 5.74) is 0.967. The fourth-order valence-corrected chi connectivity index (χ4v) is 2.14. The second kappa shape index (κ2) is 5.65. The molecule has 5 nitrogen and oxygen atoms in total. The van der Waals surface area contributed by atoms with E-state index in [0.717, 1.165) is 0 Å². The van der Waals surface area contributed by atoms with Gasteiger partial charge in [-0.1, -0.05) is 17.7 Å². The molecule has 0 amide bonds. The first-order valence-corrected chi connectivity index (χ1v) is 6.73. The summed E-state index contributed by atoms with van der Waals surface area (Å²) in [5.74, 6) is -1.83. The molecule has 0 spiro atoms. The molecule has 0 aliphatic carbocycles. The fourth-order valence-electron chi connectivity index (χ4n) is 2.01. The molecule has 112 valence electrons. The van der Waals surface area contributed by atoms with E-state index in [1.807, 2.05) is 0 Å². The van der Waals surface area contributed by atoms with Gasteiger partial charge in [-0.15, -0.1) is 0 Å². The molecule has 3 aromatic rings. The van der Waals surface area contributed by atoms with Crippen molar-refractivity contribution in [3.63, 3.8) is 0 Å². The lowest BCUT2D eigenvalue weighted by Crippen LogP contribution is -2.02. The maximum Gasteiger partial charge on any atom is 0.307 e. The molecule has 0 saturated carbocycles. The number of hydrogen-bond acceptors (Lipinski definition) is 4. The molecule has 2 aromatic carbocycles. The third-order valence-electron chi connectivity index (χ3n) is 3.01. The first kappa shape index (κ1) is 14.3. The molecular weight excluding hydrogens is 311 g/mol. The van der Waals surface area contributed by atoms with Crippen LogP contribution in [0.3, 0.4) is 0 Å². The highest BCUT2D eigenvalue weighted by Crippen LogP contribution is 2.26. The lowest BCUT2D eigenvalue weighted by atomic mass is 10.1. The second-order valence-corrected chi connectivity index (χ2v) is 5.04. The SMILES string of the molecule is O=C(O)Cc1ccc2nc(Nc3ccc(Cl)cc3)oc2c1F. The van der Waals surface area contributed by atoms with Gasteiger partial charge in [0, 0.05) is 16.3 Å². The summed E-state index contributed by atoms with van der Waals surface area (Å²) >= 11 is 5.79. The monoisotopic (exact) mass is 320 g/mol. The summed E-state index contributed by atoms with van der Waals surface area (Å²) in [6, 6.07) is 9.86. The largest absolute Gasteiger partial charge is 0.481 e. The van der Waals surface area contributed by atoms with Crippen molar-refractivity contribution in [1.29, 1.82) is 0 Å². The number of carboxylic acids is 1. The molecule has 0 radical (unpaired) electrons. The van der Waals surface area contributed by atoms with Gasteiger partial charge in [-0.05, 0) is 30.3 Å². The van der Waals surface area contributed by atoms with E-state index in [1.165, 1.54) is 12.1 Å². The Morgan fingerprint density at radius 1 is 1.27 bits per heavy atom. The summed E-state index contributed by atoms with van der Waals surface area (Å²) in [7, 11) is 0. The van der Waals surface area contributed by atoms with Crippen molar-refractivity contribution < 1.29 is 18.7 Å². The van der Waals surface area contributed by atoms with Crippen LogP contribution < -0.4 is 5.32 Å². The van der Waals surface area contributed by atoms with Crippen LogP contribution >= 0.6 is 11.6 Å². The molecule has 7 heteroatoms. The predicted octanol–water partition coefficient (Wildman–Crippen LogP) is 3.99. The van der Waals surface area contributed by atoms with E-state index in [-0.39, 0.29) is 17.2 Å². The first-order valence-electron chi connectivity index (χ1n) is 6.35. The van der Waals surface area contributed by atoms with E-state index in [9.17, 15) is 9.18 Å². The topological polar surface area (TPSA) is 75.4 Å². The van der Waals surface area contributed by atoms with Crippen molar-refractivity contribution in [1.82, 2.24) is 4.98 Å². The number of oxazole rings is 1. The van der Waals surface area contributed by atoms with Crippen molar-refractivity contribution in [2.75, 3.05) is 5.32 Å². The van der Waals surface area contributed by atoms with Gasteiger partial charge >= 0.3 is 5.97 Å². The van der Waals surface area contributed by atoms with Crippen LogP contribution in [-0.2, 0) is 11.2 Å². The number of benzene rings is 2. The Kier molecular flexibility index (Phi) is 3.68. The van der Waals surface area contributed by atoms with Crippen LogP contribution in [-0.4, -0.2) is 16.1 Å². The van der Waals surface area contributed by atoms with Gasteiger partial charge < -0.3 is 14.8 Å². The van der Waals surface area contributed by atoms with Crippen LogP contribution in [0.1, 0.15) is 5.56 Å². The molecule has 0 bridgehead atoms. The van der Waals surface area contributed by atoms with Gasteiger partial charge in [0.25, 0.3) is 6.01 Å². The quantitative estimate of drug-likeness (QED) is 0.760. The average Bonchev–Trinajstić information content (AvgIpc) is 2.88. The molecule has 0 aliphatic heterocycles. The number of nitrogens with zero attached hydrogens (tertiary/aromatic N) is 1. The fraction of sp³-hybridized carbons (Fsp3) is 0.0667. The minimum atomic E-state index is -1.11. The number of carbonyl (C=O) groups is 1. The molecule has 1 heterocycles. The average molecular weight is 321 g/mol. The summed E-state index contributed by atoms with van der Waals surface area (Å²) in [4.78, 5) is 14.8. The highest BCUT2D eigenvalue weighted by Gasteiger charge is 2.16. The Labute approximate surface area is 129 Å². The smallest absolute Gasteiger partial charge is 0.307 e. The molecule has 2 N–H and O–H groups in total. The van der Waals surface area contributed by atoms with Crippen molar-refractivity contribution in [2.45, 2.75) is 6.42 Å². The standard InChI is InChI=1S/C15H10ClFN2O3/c16-9-2-4-10(5-3-9)18-15-19-11-6-1-8(7-12(20)21)13(17)14(11)22-15/h1-6H,7H2,(H,18,19)(H,20,21). The molecule has 0 fully saturated rings. The third-order valence-corrected chi connectivity index (χ3v) is 3.27.